The fraction of sp³-hybridized carbons (Fsp3) is 0.800. The maximum absolute atomic E-state index is 4.46. The summed E-state index contributed by atoms with van der Waals surface area (Å²) in [7, 11) is 1.87. The number of aryl methyl sites for hydroxylation is 1. The highest BCUT2D eigenvalue weighted by Crippen LogP contribution is 2.21. The van der Waals surface area contributed by atoms with Crippen molar-refractivity contribution in [3.05, 3.63) is 11.6 Å². The lowest BCUT2D eigenvalue weighted by molar-refractivity contribution is 0.406. The fourth-order valence-electron chi connectivity index (χ4n) is 3.15. The summed E-state index contributed by atoms with van der Waals surface area (Å²) in [5.74, 6) is 4.35. The first-order valence-corrected chi connectivity index (χ1v) is 9.34. The molecule has 130 valence electrons. The molecule has 1 atom stereocenters. The monoisotopic (exact) mass is 450 g/mol. The minimum Gasteiger partial charge on any atom is -0.349 e. The standard InChI is InChI=1S/C15H26N6S.HI/c1-3-12-11-20(8-9-22-12)15(16-2)17-10-14-19-18-13-6-4-5-7-21(13)14;/h12H,3-11H2,1-2H3,(H,16,17);1H. The van der Waals surface area contributed by atoms with Gasteiger partial charge < -0.3 is 14.8 Å². The van der Waals surface area contributed by atoms with E-state index in [0.29, 0.717) is 11.8 Å². The first-order valence-electron chi connectivity index (χ1n) is 8.30. The largest absolute Gasteiger partial charge is 0.349 e. The molecule has 23 heavy (non-hydrogen) atoms. The molecule has 3 heterocycles. The minimum atomic E-state index is 0. The number of rotatable bonds is 3. The topological polar surface area (TPSA) is 58.3 Å². The molecule has 1 aromatic rings. The summed E-state index contributed by atoms with van der Waals surface area (Å²) < 4.78 is 2.27. The van der Waals surface area contributed by atoms with Gasteiger partial charge >= 0.3 is 0 Å². The van der Waals surface area contributed by atoms with Crippen LogP contribution in [0.25, 0.3) is 0 Å². The van der Waals surface area contributed by atoms with Gasteiger partial charge in [0, 0.05) is 44.1 Å². The number of hydrogen-bond acceptors (Lipinski definition) is 4. The van der Waals surface area contributed by atoms with Crippen LogP contribution in [-0.2, 0) is 19.5 Å². The SMILES string of the molecule is CCC1CN(C(=NC)NCc2nnc3n2CCCC3)CCS1.I. The number of hydrogen-bond donors (Lipinski definition) is 1. The van der Waals surface area contributed by atoms with Crippen molar-refractivity contribution in [2.45, 2.75) is 50.9 Å². The van der Waals surface area contributed by atoms with Gasteiger partial charge in [0.05, 0.1) is 6.54 Å². The van der Waals surface area contributed by atoms with Gasteiger partial charge in [-0.2, -0.15) is 11.8 Å². The average molecular weight is 450 g/mol. The van der Waals surface area contributed by atoms with Crippen molar-refractivity contribution >= 4 is 41.7 Å². The number of nitrogens with one attached hydrogen (secondary N) is 1. The molecule has 0 saturated carbocycles. The Hall–Kier alpha value is -0.510. The van der Waals surface area contributed by atoms with Gasteiger partial charge in [-0.1, -0.05) is 6.92 Å². The van der Waals surface area contributed by atoms with Crippen LogP contribution in [0.15, 0.2) is 4.99 Å². The fourth-order valence-corrected chi connectivity index (χ4v) is 4.33. The average Bonchev–Trinajstić information content (AvgIpc) is 2.99. The third-order valence-corrected chi connectivity index (χ3v) is 5.82. The first-order chi connectivity index (χ1) is 10.8. The van der Waals surface area contributed by atoms with Crippen molar-refractivity contribution in [3.63, 3.8) is 0 Å². The van der Waals surface area contributed by atoms with Gasteiger partial charge in [0.2, 0.25) is 0 Å². The van der Waals surface area contributed by atoms with Gasteiger partial charge in [0.25, 0.3) is 0 Å². The van der Waals surface area contributed by atoms with Gasteiger partial charge in [-0.3, -0.25) is 4.99 Å². The van der Waals surface area contributed by atoms with Crippen molar-refractivity contribution in [1.29, 1.82) is 0 Å². The highest BCUT2D eigenvalue weighted by atomic mass is 127. The molecule has 1 N–H and O–H groups in total. The smallest absolute Gasteiger partial charge is 0.194 e. The van der Waals surface area contributed by atoms with Crippen molar-refractivity contribution in [2.75, 3.05) is 25.9 Å². The number of nitrogens with zero attached hydrogens (tertiary/aromatic N) is 5. The second-order valence-electron chi connectivity index (χ2n) is 5.89. The lowest BCUT2D eigenvalue weighted by Gasteiger charge is -2.34. The number of aliphatic imine (C=N–C) groups is 1. The molecule has 2 aliphatic heterocycles. The second kappa shape index (κ2) is 9.10. The molecule has 0 spiro atoms. The number of thioether (sulfide) groups is 1. The number of halogens is 1. The lowest BCUT2D eigenvalue weighted by Crippen LogP contribution is -2.47. The van der Waals surface area contributed by atoms with Crippen LogP contribution in [0.1, 0.15) is 37.8 Å². The predicted octanol–water partition coefficient (Wildman–Crippen LogP) is 2.14. The van der Waals surface area contributed by atoms with Gasteiger partial charge in [0.15, 0.2) is 11.8 Å². The van der Waals surface area contributed by atoms with Crippen LogP contribution in [0.5, 0.6) is 0 Å². The Kier molecular flexibility index (Phi) is 7.45. The van der Waals surface area contributed by atoms with Gasteiger partial charge in [-0.15, -0.1) is 34.2 Å². The van der Waals surface area contributed by atoms with Crippen LogP contribution in [-0.4, -0.2) is 56.8 Å². The Morgan fingerprint density at radius 1 is 1.35 bits per heavy atom. The molecule has 0 radical (unpaired) electrons. The molecule has 0 aliphatic carbocycles. The number of aromatic nitrogens is 3. The van der Waals surface area contributed by atoms with Crippen molar-refractivity contribution in [2.24, 2.45) is 4.99 Å². The minimum absolute atomic E-state index is 0. The maximum atomic E-state index is 4.46. The van der Waals surface area contributed by atoms with E-state index in [-0.39, 0.29) is 24.0 Å². The molecule has 6 nitrogen and oxygen atoms in total. The van der Waals surface area contributed by atoms with E-state index in [1.54, 1.807) is 0 Å². The van der Waals surface area contributed by atoms with Crippen molar-refractivity contribution in [1.82, 2.24) is 25.0 Å². The molecule has 1 aromatic heterocycles. The molecule has 0 bridgehead atoms. The Morgan fingerprint density at radius 3 is 3.00 bits per heavy atom. The van der Waals surface area contributed by atoms with E-state index in [1.165, 1.54) is 25.0 Å². The van der Waals surface area contributed by atoms with Crippen LogP contribution in [0.4, 0.5) is 0 Å². The summed E-state index contributed by atoms with van der Waals surface area (Å²) in [6.07, 6.45) is 4.74. The highest BCUT2D eigenvalue weighted by Gasteiger charge is 2.22. The molecule has 3 rings (SSSR count). The highest BCUT2D eigenvalue weighted by molar-refractivity contribution is 14.0. The van der Waals surface area contributed by atoms with Crippen LogP contribution in [0.3, 0.4) is 0 Å². The Bertz CT molecular complexity index is 532. The number of guanidine groups is 1. The molecule has 1 unspecified atom stereocenters. The quantitative estimate of drug-likeness (QED) is 0.435. The van der Waals surface area contributed by atoms with E-state index in [2.05, 4.69) is 48.7 Å². The zero-order valence-corrected chi connectivity index (χ0v) is 17.1. The summed E-state index contributed by atoms with van der Waals surface area (Å²) in [4.78, 5) is 6.83. The van der Waals surface area contributed by atoms with E-state index in [0.717, 1.165) is 43.7 Å². The van der Waals surface area contributed by atoms with E-state index in [4.69, 9.17) is 0 Å². The van der Waals surface area contributed by atoms with Crippen LogP contribution >= 0.6 is 35.7 Å². The molecule has 0 amide bonds. The summed E-state index contributed by atoms with van der Waals surface area (Å²) >= 11 is 2.08. The Morgan fingerprint density at radius 2 is 2.22 bits per heavy atom. The molecule has 2 aliphatic rings. The first kappa shape index (κ1) is 18.8. The normalized spacial score (nSPS) is 21.6. The maximum Gasteiger partial charge on any atom is 0.194 e. The molecule has 8 heteroatoms. The zero-order chi connectivity index (χ0) is 15.4. The molecular weight excluding hydrogens is 423 g/mol. The summed E-state index contributed by atoms with van der Waals surface area (Å²) in [6.45, 7) is 6.17. The van der Waals surface area contributed by atoms with Crippen LogP contribution in [0, 0.1) is 0 Å². The molecule has 1 fully saturated rings. The van der Waals surface area contributed by atoms with Crippen LogP contribution < -0.4 is 5.32 Å². The second-order valence-corrected chi connectivity index (χ2v) is 7.30. The Balaban J connectivity index is 0.00000192. The lowest BCUT2D eigenvalue weighted by atomic mass is 10.2. The zero-order valence-electron chi connectivity index (χ0n) is 14.0. The molecule has 1 saturated heterocycles. The Labute approximate surface area is 159 Å². The van der Waals surface area contributed by atoms with Gasteiger partial charge in [-0.05, 0) is 19.3 Å². The predicted molar refractivity (Wildman–Crippen MR) is 107 cm³/mol. The summed E-state index contributed by atoms with van der Waals surface area (Å²) in [5.41, 5.74) is 0. The molecular formula is C15H27IN6S. The van der Waals surface area contributed by atoms with E-state index < -0.39 is 0 Å². The van der Waals surface area contributed by atoms with Gasteiger partial charge in [0.1, 0.15) is 5.82 Å². The van der Waals surface area contributed by atoms with Crippen LogP contribution in [0.2, 0.25) is 0 Å². The summed E-state index contributed by atoms with van der Waals surface area (Å²) in [5, 5.41) is 12.9. The van der Waals surface area contributed by atoms with E-state index in [1.807, 2.05) is 7.05 Å². The molecule has 0 aromatic carbocycles. The van der Waals surface area contributed by atoms with Crippen molar-refractivity contribution < 1.29 is 0 Å². The third kappa shape index (κ3) is 4.52. The van der Waals surface area contributed by atoms with Gasteiger partial charge in [-0.25, -0.2) is 0 Å². The number of fused-ring (bicyclic) bond motifs is 1. The van der Waals surface area contributed by atoms with E-state index >= 15 is 0 Å². The summed E-state index contributed by atoms with van der Waals surface area (Å²) in [6, 6.07) is 0. The van der Waals surface area contributed by atoms with E-state index in [9.17, 15) is 0 Å². The van der Waals surface area contributed by atoms with Crippen molar-refractivity contribution in [3.8, 4) is 0 Å². The third-order valence-electron chi connectivity index (χ3n) is 4.45.